The van der Waals surface area contributed by atoms with Crippen molar-refractivity contribution >= 4 is 11.6 Å². The minimum Gasteiger partial charge on any atom is -0.490 e. The van der Waals surface area contributed by atoms with Gasteiger partial charge in [-0.2, -0.15) is 0 Å². The zero-order valence-corrected chi connectivity index (χ0v) is 17.4. The number of amides is 1. The number of benzene rings is 2. The maximum Gasteiger partial charge on any atom is 0.279 e. The van der Waals surface area contributed by atoms with E-state index in [1.165, 1.54) is 21.6 Å². The quantitative estimate of drug-likeness (QED) is 0.773. The molecule has 2 aromatic carbocycles. The van der Waals surface area contributed by atoms with E-state index in [-0.39, 0.29) is 5.91 Å². The average molecular weight is 384 g/mol. The second kappa shape index (κ2) is 9.11. The average Bonchev–Trinajstić information content (AvgIpc) is 2.66. The molecule has 0 saturated carbocycles. The van der Waals surface area contributed by atoms with Gasteiger partial charge in [-0.1, -0.05) is 12.1 Å². The number of hydrogen-bond acceptors (Lipinski definition) is 3. The SMILES string of the molecule is CCOc1cc2c(cc1OCC)C[NH+](CC(=O)Nc1cccc(C)c1C)CC2. The van der Waals surface area contributed by atoms with Gasteiger partial charge in [-0.15, -0.1) is 0 Å². The third-order valence-electron chi connectivity index (χ3n) is 5.34. The summed E-state index contributed by atoms with van der Waals surface area (Å²) in [4.78, 5) is 13.9. The summed E-state index contributed by atoms with van der Waals surface area (Å²) < 4.78 is 11.5. The zero-order chi connectivity index (χ0) is 20.1. The minimum absolute atomic E-state index is 0.0584. The Balaban J connectivity index is 1.68. The number of ether oxygens (including phenoxy) is 2. The minimum atomic E-state index is 0.0584. The van der Waals surface area contributed by atoms with Crippen molar-refractivity contribution in [2.24, 2.45) is 0 Å². The number of nitrogens with one attached hydrogen (secondary N) is 2. The van der Waals surface area contributed by atoms with Crippen molar-refractivity contribution in [2.45, 2.75) is 40.7 Å². The van der Waals surface area contributed by atoms with E-state index < -0.39 is 0 Å². The van der Waals surface area contributed by atoms with E-state index in [4.69, 9.17) is 9.47 Å². The number of rotatable bonds is 7. The molecule has 0 spiro atoms. The van der Waals surface area contributed by atoms with Gasteiger partial charge in [-0.3, -0.25) is 4.79 Å². The van der Waals surface area contributed by atoms with Gasteiger partial charge in [0, 0.05) is 17.7 Å². The van der Waals surface area contributed by atoms with Crippen LogP contribution in [0.2, 0.25) is 0 Å². The predicted molar refractivity (Wildman–Crippen MR) is 111 cm³/mol. The molecule has 0 aliphatic carbocycles. The number of hydrogen-bond donors (Lipinski definition) is 2. The van der Waals surface area contributed by atoms with Gasteiger partial charge in [-0.25, -0.2) is 0 Å². The van der Waals surface area contributed by atoms with Gasteiger partial charge in [0.05, 0.1) is 19.8 Å². The number of fused-ring (bicyclic) bond motifs is 1. The van der Waals surface area contributed by atoms with Crippen molar-refractivity contribution < 1.29 is 19.2 Å². The number of aryl methyl sites for hydroxylation is 1. The maximum atomic E-state index is 12.6. The molecular formula is C23H31N2O3+. The molecule has 0 saturated heterocycles. The van der Waals surface area contributed by atoms with Crippen LogP contribution in [-0.4, -0.2) is 32.2 Å². The van der Waals surface area contributed by atoms with Gasteiger partial charge in [-0.05, 0) is 62.6 Å². The molecule has 2 N–H and O–H groups in total. The lowest BCUT2D eigenvalue weighted by Crippen LogP contribution is -3.12. The van der Waals surface area contributed by atoms with E-state index in [9.17, 15) is 4.79 Å². The van der Waals surface area contributed by atoms with Crippen molar-refractivity contribution in [3.63, 3.8) is 0 Å². The van der Waals surface area contributed by atoms with Crippen molar-refractivity contribution in [1.82, 2.24) is 0 Å². The Labute approximate surface area is 167 Å². The molecule has 1 aliphatic heterocycles. The monoisotopic (exact) mass is 383 g/mol. The second-order valence-electron chi connectivity index (χ2n) is 7.33. The lowest BCUT2D eigenvalue weighted by molar-refractivity contribution is -0.907. The van der Waals surface area contributed by atoms with Crippen LogP contribution in [0.1, 0.15) is 36.1 Å². The molecule has 150 valence electrons. The van der Waals surface area contributed by atoms with Crippen molar-refractivity contribution in [3.8, 4) is 11.5 Å². The first-order valence-corrected chi connectivity index (χ1v) is 10.1. The van der Waals surface area contributed by atoms with E-state index in [1.54, 1.807) is 0 Å². The smallest absolute Gasteiger partial charge is 0.279 e. The van der Waals surface area contributed by atoms with Gasteiger partial charge in [0.1, 0.15) is 6.54 Å². The summed E-state index contributed by atoms with van der Waals surface area (Å²) in [6.45, 7) is 11.5. The molecule has 0 radical (unpaired) electrons. The predicted octanol–water partition coefficient (Wildman–Crippen LogP) is 2.68. The van der Waals surface area contributed by atoms with Gasteiger partial charge < -0.3 is 19.7 Å². The third kappa shape index (κ3) is 4.65. The molecular weight excluding hydrogens is 352 g/mol. The van der Waals surface area contributed by atoms with Crippen LogP contribution < -0.4 is 19.7 Å². The normalized spacial score (nSPS) is 15.6. The fourth-order valence-electron chi connectivity index (χ4n) is 3.71. The summed E-state index contributed by atoms with van der Waals surface area (Å²) in [5, 5.41) is 3.08. The molecule has 0 fully saturated rings. The molecule has 0 bridgehead atoms. The highest BCUT2D eigenvalue weighted by Crippen LogP contribution is 2.32. The molecule has 0 aromatic heterocycles. The molecule has 1 amide bonds. The van der Waals surface area contributed by atoms with E-state index in [0.29, 0.717) is 19.8 Å². The summed E-state index contributed by atoms with van der Waals surface area (Å²) in [5.41, 5.74) is 5.75. The fourth-order valence-corrected chi connectivity index (χ4v) is 3.71. The summed E-state index contributed by atoms with van der Waals surface area (Å²) in [7, 11) is 0. The van der Waals surface area contributed by atoms with Crippen molar-refractivity contribution in [1.29, 1.82) is 0 Å². The Morgan fingerprint density at radius 1 is 1.07 bits per heavy atom. The lowest BCUT2D eigenvalue weighted by Gasteiger charge is -2.26. The van der Waals surface area contributed by atoms with Gasteiger partial charge in [0.2, 0.25) is 0 Å². The largest absolute Gasteiger partial charge is 0.490 e. The van der Waals surface area contributed by atoms with Crippen LogP contribution in [0.25, 0.3) is 0 Å². The summed E-state index contributed by atoms with van der Waals surface area (Å²) >= 11 is 0. The summed E-state index contributed by atoms with van der Waals surface area (Å²) in [6, 6.07) is 10.2. The Morgan fingerprint density at radius 2 is 1.75 bits per heavy atom. The van der Waals surface area contributed by atoms with Gasteiger partial charge >= 0.3 is 0 Å². The van der Waals surface area contributed by atoms with E-state index in [1.807, 2.05) is 32.9 Å². The molecule has 5 heteroatoms. The summed E-state index contributed by atoms with van der Waals surface area (Å²) in [5.74, 6) is 1.67. The van der Waals surface area contributed by atoms with E-state index >= 15 is 0 Å². The van der Waals surface area contributed by atoms with Crippen molar-refractivity contribution in [3.05, 3.63) is 52.6 Å². The fraction of sp³-hybridized carbons (Fsp3) is 0.435. The topological polar surface area (TPSA) is 52.0 Å². The summed E-state index contributed by atoms with van der Waals surface area (Å²) in [6.07, 6.45) is 0.938. The van der Waals surface area contributed by atoms with Crippen LogP contribution in [0.4, 0.5) is 5.69 Å². The van der Waals surface area contributed by atoms with Crippen LogP contribution in [0.5, 0.6) is 11.5 Å². The number of carbonyl (C=O) groups excluding carboxylic acids is 1. The first kappa shape index (κ1) is 20.2. The highest BCUT2D eigenvalue weighted by Gasteiger charge is 2.24. The van der Waals surface area contributed by atoms with Crippen LogP contribution in [0.15, 0.2) is 30.3 Å². The Hall–Kier alpha value is -2.53. The molecule has 5 nitrogen and oxygen atoms in total. The Morgan fingerprint density at radius 3 is 2.43 bits per heavy atom. The Bertz CT molecular complexity index is 848. The van der Waals surface area contributed by atoms with Crippen LogP contribution >= 0.6 is 0 Å². The molecule has 1 atom stereocenters. The lowest BCUT2D eigenvalue weighted by atomic mass is 9.98. The number of quaternary nitrogens is 1. The highest BCUT2D eigenvalue weighted by molar-refractivity contribution is 5.92. The third-order valence-corrected chi connectivity index (χ3v) is 5.34. The number of anilines is 1. The number of carbonyl (C=O) groups is 1. The zero-order valence-electron chi connectivity index (χ0n) is 17.4. The van der Waals surface area contributed by atoms with Crippen LogP contribution in [0, 0.1) is 13.8 Å². The van der Waals surface area contributed by atoms with E-state index in [2.05, 4.69) is 30.4 Å². The van der Waals surface area contributed by atoms with Crippen molar-refractivity contribution in [2.75, 3.05) is 31.6 Å². The standard InChI is InChI=1S/C23H30N2O3/c1-5-27-21-12-18-10-11-25(14-19(18)13-22(21)28-6-2)15-23(26)24-20-9-7-8-16(3)17(20)4/h7-9,12-13H,5-6,10-11,14-15H2,1-4H3,(H,24,26)/p+1. The first-order valence-electron chi connectivity index (χ1n) is 10.1. The van der Waals surface area contributed by atoms with Gasteiger partial charge in [0.15, 0.2) is 18.0 Å². The van der Waals surface area contributed by atoms with Gasteiger partial charge in [0.25, 0.3) is 5.91 Å². The second-order valence-corrected chi connectivity index (χ2v) is 7.33. The van der Waals surface area contributed by atoms with E-state index in [0.717, 1.165) is 42.3 Å². The molecule has 1 heterocycles. The van der Waals surface area contributed by atoms with Crippen LogP contribution in [0.3, 0.4) is 0 Å². The maximum absolute atomic E-state index is 12.6. The Kier molecular flexibility index (Phi) is 6.57. The molecule has 28 heavy (non-hydrogen) atoms. The molecule has 2 aromatic rings. The first-order chi connectivity index (χ1) is 13.5. The highest BCUT2D eigenvalue weighted by atomic mass is 16.5. The molecule has 1 unspecified atom stereocenters. The molecule has 1 aliphatic rings. The molecule has 3 rings (SSSR count). The van der Waals surface area contributed by atoms with Crippen LogP contribution in [-0.2, 0) is 17.8 Å².